The van der Waals surface area contributed by atoms with E-state index < -0.39 is 0 Å². The van der Waals surface area contributed by atoms with Crippen LogP contribution in [0.2, 0.25) is 0 Å². The highest BCUT2D eigenvalue weighted by atomic mass is 16.1. The minimum Gasteiger partial charge on any atom is -0.384 e. The van der Waals surface area contributed by atoms with Crippen molar-refractivity contribution < 1.29 is 4.79 Å². The maximum atomic E-state index is 12.3. The number of carbonyl (C=O) groups excluding carboxylic acids is 1. The van der Waals surface area contributed by atoms with Gasteiger partial charge in [0.15, 0.2) is 0 Å². The Morgan fingerprint density at radius 3 is 2.62 bits per heavy atom. The van der Waals surface area contributed by atoms with Crippen molar-refractivity contribution >= 4 is 28.6 Å². The third-order valence-electron chi connectivity index (χ3n) is 8.35. The molecular weight excluding hydrogens is 496 g/mol. The van der Waals surface area contributed by atoms with Gasteiger partial charge in [0.25, 0.3) is 0 Å². The SMILES string of the molecule is CN1CCC(CCNC(=O)/C=C/c2ccc(-c3cc(NCCCN4CCCCC4)c4cnccc4n3)cc2)CC1. The van der Waals surface area contributed by atoms with Gasteiger partial charge >= 0.3 is 0 Å². The number of nitrogens with zero attached hydrogens (tertiary/aromatic N) is 4. The van der Waals surface area contributed by atoms with E-state index in [0.717, 1.165) is 84.9 Å². The van der Waals surface area contributed by atoms with Crippen LogP contribution in [0.25, 0.3) is 28.2 Å². The van der Waals surface area contributed by atoms with E-state index in [-0.39, 0.29) is 5.91 Å². The Morgan fingerprint density at radius 1 is 1.02 bits per heavy atom. The second-order valence-electron chi connectivity index (χ2n) is 11.4. The molecule has 1 amide bonds. The number of amides is 1. The molecular formula is C33H44N6O. The molecule has 0 bridgehead atoms. The van der Waals surface area contributed by atoms with Crippen LogP contribution >= 0.6 is 0 Å². The smallest absolute Gasteiger partial charge is 0.243 e. The summed E-state index contributed by atoms with van der Waals surface area (Å²) in [6, 6.07) is 12.3. The standard InChI is InChI=1S/C33H44N6O/c1-38-22-14-27(15-23-38)12-18-36-33(40)11-8-26-6-9-28(10-7-26)31-24-32(29-25-34-17-13-30(29)37-31)35-16-5-21-39-19-3-2-4-20-39/h6-11,13,17,24-25,27H,2-5,12,14-16,18-23H2,1H3,(H,35,37)(H,36,40)/b11-8+. The van der Waals surface area contributed by atoms with Gasteiger partial charge in [-0.1, -0.05) is 30.7 Å². The lowest BCUT2D eigenvalue weighted by molar-refractivity contribution is -0.116. The van der Waals surface area contributed by atoms with Gasteiger partial charge in [0.2, 0.25) is 5.91 Å². The average molecular weight is 541 g/mol. The van der Waals surface area contributed by atoms with Crippen molar-refractivity contribution in [1.29, 1.82) is 0 Å². The Hall–Kier alpha value is -3.29. The fourth-order valence-corrected chi connectivity index (χ4v) is 5.82. The second kappa shape index (κ2) is 14.4. The first kappa shape index (κ1) is 28.2. The highest BCUT2D eigenvalue weighted by Gasteiger charge is 2.16. The van der Waals surface area contributed by atoms with E-state index in [0.29, 0.717) is 0 Å². The quantitative estimate of drug-likeness (QED) is 0.249. The number of carbonyl (C=O) groups is 1. The Balaban J connectivity index is 1.16. The molecule has 4 heterocycles. The van der Waals surface area contributed by atoms with Crippen LogP contribution in [0.5, 0.6) is 0 Å². The minimum absolute atomic E-state index is 0.0298. The minimum atomic E-state index is -0.0298. The number of anilines is 1. The van der Waals surface area contributed by atoms with Crippen LogP contribution in [0.15, 0.2) is 54.9 Å². The molecule has 7 heteroatoms. The molecule has 0 radical (unpaired) electrons. The van der Waals surface area contributed by atoms with Crippen LogP contribution in [-0.2, 0) is 4.79 Å². The van der Waals surface area contributed by atoms with Crippen molar-refractivity contribution in [3.05, 3.63) is 60.4 Å². The molecule has 3 aromatic rings. The van der Waals surface area contributed by atoms with E-state index in [4.69, 9.17) is 4.98 Å². The van der Waals surface area contributed by atoms with Crippen LogP contribution in [0, 0.1) is 5.92 Å². The van der Waals surface area contributed by atoms with Crippen LogP contribution in [0.3, 0.4) is 0 Å². The molecule has 7 nitrogen and oxygen atoms in total. The summed E-state index contributed by atoms with van der Waals surface area (Å²) < 4.78 is 0. The van der Waals surface area contributed by atoms with Gasteiger partial charge in [0.05, 0.1) is 11.2 Å². The van der Waals surface area contributed by atoms with E-state index in [1.165, 1.54) is 45.2 Å². The van der Waals surface area contributed by atoms with E-state index >= 15 is 0 Å². The number of piperidine rings is 2. The fraction of sp³-hybridized carbons (Fsp3) is 0.485. The number of fused-ring (bicyclic) bond motifs is 1. The van der Waals surface area contributed by atoms with Crippen LogP contribution in [0.4, 0.5) is 5.69 Å². The summed E-state index contributed by atoms with van der Waals surface area (Å²) in [5.74, 6) is 0.695. The third kappa shape index (κ3) is 8.12. The molecule has 5 rings (SSSR count). The summed E-state index contributed by atoms with van der Waals surface area (Å²) in [5.41, 5.74) is 4.99. The van der Waals surface area contributed by atoms with Crippen molar-refractivity contribution in [3.8, 4) is 11.3 Å². The highest BCUT2D eigenvalue weighted by Crippen LogP contribution is 2.28. The molecule has 1 aromatic carbocycles. The summed E-state index contributed by atoms with van der Waals surface area (Å²) in [6.45, 7) is 7.62. The van der Waals surface area contributed by atoms with Gasteiger partial charge in [-0.3, -0.25) is 9.78 Å². The summed E-state index contributed by atoms with van der Waals surface area (Å²) in [6.07, 6.45) is 15.9. The van der Waals surface area contributed by atoms with Crippen molar-refractivity contribution in [2.75, 3.05) is 58.2 Å². The number of hydrogen-bond donors (Lipinski definition) is 2. The summed E-state index contributed by atoms with van der Waals surface area (Å²) in [7, 11) is 2.18. The molecule has 0 saturated carbocycles. The average Bonchev–Trinajstić information content (AvgIpc) is 3.00. The number of benzene rings is 1. The number of hydrogen-bond acceptors (Lipinski definition) is 6. The van der Waals surface area contributed by atoms with E-state index in [2.05, 4.69) is 50.7 Å². The summed E-state index contributed by atoms with van der Waals surface area (Å²) in [5, 5.41) is 7.75. The Kier molecular flexibility index (Phi) is 10.2. The number of aromatic nitrogens is 2. The van der Waals surface area contributed by atoms with Gasteiger partial charge in [-0.15, -0.1) is 0 Å². The molecule has 0 unspecified atom stereocenters. The zero-order chi connectivity index (χ0) is 27.6. The molecule has 0 atom stereocenters. The molecule has 2 aliphatic rings. The molecule has 2 aromatic heterocycles. The van der Waals surface area contributed by atoms with Crippen molar-refractivity contribution in [2.45, 2.75) is 44.9 Å². The fourth-order valence-electron chi connectivity index (χ4n) is 5.82. The zero-order valence-electron chi connectivity index (χ0n) is 23.9. The van der Waals surface area contributed by atoms with Gasteiger partial charge in [-0.2, -0.15) is 0 Å². The van der Waals surface area contributed by atoms with E-state index in [9.17, 15) is 4.79 Å². The lowest BCUT2D eigenvalue weighted by Gasteiger charge is -2.28. The van der Waals surface area contributed by atoms with Gasteiger partial charge in [0, 0.05) is 48.2 Å². The van der Waals surface area contributed by atoms with Gasteiger partial charge in [-0.05, 0) is 108 Å². The van der Waals surface area contributed by atoms with Gasteiger partial charge in [0.1, 0.15) is 0 Å². The Bertz CT molecular complexity index is 1260. The van der Waals surface area contributed by atoms with Crippen LogP contribution in [-0.4, -0.2) is 78.5 Å². The number of pyridine rings is 2. The third-order valence-corrected chi connectivity index (χ3v) is 8.35. The van der Waals surface area contributed by atoms with E-state index in [1.54, 1.807) is 12.3 Å². The number of rotatable bonds is 11. The van der Waals surface area contributed by atoms with Crippen molar-refractivity contribution in [2.24, 2.45) is 5.92 Å². The maximum Gasteiger partial charge on any atom is 0.243 e. The van der Waals surface area contributed by atoms with Crippen molar-refractivity contribution in [1.82, 2.24) is 25.1 Å². The molecule has 2 fully saturated rings. The lowest BCUT2D eigenvalue weighted by atomic mass is 9.94. The normalized spacial score (nSPS) is 17.4. The van der Waals surface area contributed by atoms with Crippen LogP contribution in [0.1, 0.15) is 50.5 Å². The second-order valence-corrected chi connectivity index (χ2v) is 11.4. The Morgan fingerprint density at radius 2 is 1.82 bits per heavy atom. The molecule has 2 aliphatic heterocycles. The molecule has 2 saturated heterocycles. The summed E-state index contributed by atoms with van der Waals surface area (Å²) >= 11 is 0. The van der Waals surface area contributed by atoms with Gasteiger partial charge < -0.3 is 20.4 Å². The van der Waals surface area contributed by atoms with E-state index in [1.807, 2.05) is 30.5 Å². The lowest BCUT2D eigenvalue weighted by Crippen LogP contribution is -2.32. The first-order valence-corrected chi connectivity index (χ1v) is 15.1. The topological polar surface area (TPSA) is 73.4 Å². The highest BCUT2D eigenvalue weighted by molar-refractivity contribution is 5.93. The number of likely N-dealkylation sites (tertiary alicyclic amines) is 2. The molecule has 0 spiro atoms. The Labute approximate surface area is 239 Å². The molecule has 2 N–H and O–H groups in total. The largest absolute Gasteiger partial charge is 0.384 e. The predicted molar refractivity (Wildman–Crippen MR) is 165 cm³/mol. The van der Waals surface area contributed by atoms with Crippen LogP contribution < -0.4 is 10.6 Å². The van der Waals surface area contributed by atoms with Crippen molar-refractivity contribution in [3.63, 3.8) is 0 Å². The first-order chi connectivity index (χ1) is 19.6. The molecule has 40 heavy (non-hydrogen) atoms. The first-order valence-electron chi connectivity index (χ1n) is 15.1. The zero-order valence-corrected chi connectivity index (χ0v) is 23.9. The molecule has 212 valence electrons. The molecule has 0 aliphatic carbocycles. The van der Waals surface area contributed by atoms with Gasteiger partial charge in [-0.25, -0.2) is 4.98 Å². The number of nitrogens with one attached hydrogen (secondary N) is 2. The summed E-state index contributed by atoms with van der Waals surface area (Å²) in [4.78, 5) is 26.5. The monoisotopic (exact) mass is 540 g/mol. The maximum absolute atomic E-state index is 12.3. The predicted octanol–water partition coefficient (Wildman–Crippen LogP) is 5.45.